The lowest BCUT2D eigenvalue weighted by atomic mass is 10.1. The van der Waals surface area contributed by atoms with Crippen LogP contribution >= 0.6 is 11.8 Å². The molecule has 0 amide bonds. The van der Waals surface area contributed by atoms with Crippen molar-refractivity contribution in [3.8, 4) is 0 Å². The summed E-state index contributed by atoms with van der Waals surface area (Å²) in [5.41, 5.74) is 1.98. The number of benzene rings is 2. The average molecular weight is 267 g/mol. The van der Waals surface area contributed by atoms with Gasteiger partial charge in [0.2, 0.25) is 0 Å². The molecule has 1 heterocycles. The second-order valence-electron chi connectivity index (χ2n) is 4.37. The number of Topliss-reactive ketones (excluding diaryl/α,β-unsaturated/α-hetero) is 1. The van der Waals surface area contributed by atoms with Gasteiger partial charge in [-0.1, -0.05) is 48.5 Å². The van der Waals surface area contributed by atoms with Gasteiger partial charge in [-0.05, 0) is 11.6 Å². The quantitative estimate of drug-likeness (QED) is 0.795. The Balaban J connectivity index is 1.68. The molecule has 2 aromatic carbocycles. The Bertz CT molecular complexity index is 622. The van der Waals surface area contributed by atoms with Crippen LogP contribution in [0.1, 0.15) is 15.9 Å². The highest BCUT2D eigenvalue weighted by Gasteiger charge is 2.29. The Morgan fingerprint density at radius 1 is 1.05 bits per heavy atom. The summed E-state index contributed by atoms with van der Waals surface area (Å²) in [4.78, 5) is 17.6. The number of hydrogen-bond donors (Lipinski definition) is 0. The van der Waals surface area contributed by atoms with Crippen molar-refractivity contribution >= 4 is 23.8 Å². The van der Waals surface area contributed by atoms with Crippen LogP contribution in [-0.2, 0) is 6.54 Å². The molecule has 2 nitrogen and oxygen atoms in total. The number of aliphatic imine (C=N–C) groups is 1. The zero-order valence-corrected chi connectivity index (χ0v) is 11.1. The maximum absolute atomic E-state index is 12.1. The molecule has 0 spiro atoms. The Hall–Kier alpha value is -1.87. The van der Waals surface area contributed by atoms with Crippen LogP contribution in [0.5, 0.6) is 0 Å². The normalized spacial score (nSPS) is 17.9. The molecule has 1 unspecified atom stereocenters. The first kappa shape index (κ1) is 12.2. The number of nitrogens with zero attached hydrogens (tertiary/aromatic N) is 1. The first-order valence-corrected chi connectivity index (χ1v) is 7.06. The molecule has 3 rings (SSSR count). The van der Waals surface area contributed by atoms with Crippen molar-refractivity contribution in [2.75, 3.05) is 0 Å². The summed E-state index contributed by atoms with van der Waals surface area (Å²) in [6.45, 7) is 0.627. The molecule has 3 heteroatoms. The van der Waals surface area contributed by atoms with Crippen molar-refractivity contribution in [1.82, 2.24) is 0 Å². The highest BCUT2D eigenvalue weighted by molar-refractivity contribution is 8.02. The van der Waals surface area contributed by atoms with Crippen molar-refractivity contribution in [3.05, 3.63) is 65.7 Å². The molecule has 0 saturated heterocycles. The highest BCUT2D eigenvalue weighted by atomic mass is 32.2. The minimum absolute atomic E-state index is 0.164. The second-order valence-corrected chi connectivity index (χ2v) is 5.56. The van der Waals surface area contributed by atoms with Crippen LogP contribution < -0.4 is 0 Å². The van der Waals surface area contributed by atoms with Gasteiger partial charge in [0, 0.05) is 16.7 Å². The topological polar surface area (TPSA) is 29.4 Å². The SMILES string of the molecule is O=C1c2ccccc2SC1C=NCc1ccccc1. The van der Waals surface area contributed by atoms with Gasteiger partial charge in [-0.2, -0.15) is 0 Å². The predicted octanol–water partition coefficient (Wildman–Crippen LogP) is 3.61. The molecule has 1 aliphatic heterocycles. The van der Waals surface area contributed by atoms with Crippen LogP contribution in [-0.4, -0.2) is 17.2 Å². The third-order valence-electron chi connectivity index (χ3n) is 3.02. The molecule has 0 N–H and O–H groups in total. The third-order valence-corrected chi connectivity index (χ3v) is 4.22. The monoisotopic (exact) mass is 267 g/mol. The summed E-state index contributed by atoms with van der Waals surface area (Å²) in [6, 6.07) is 17.8. The van der Waals surface area contributed by atoms with E-state index in [0.717, 1.165) is 16.0 Å². The Morgan fingerprint density at radius 3 is 2.58 bits per heavy atom. The standard InChI is InChI=1S/C16H13NOS/c18-16-13-8-4-5-9-14(13)19-15(16)11-17-10-12-6-2-1-3-7-12/h1-9,11,15H,10H2. The van der Waals surface area contributed by atoms with Gasteiger partial charge in [-0.3, -0.25) is 9.79 Å². The Morgan fingerprint density at radius 2 is 1.79 bits per heavy atom. The fourth-order valence-electron chi connectivity index (χ4n) is 2.05. The first-order valence-electron chi connectivity index (χ1n) is 6.18. The number of hydrogen-bond acceptors (Lipinski definition) is 3. The molecule has 2 aromatic rings. The summed E-state index contributed by atoms with van der Waals surface area (Å²) in [6.07, 6.45) is 1.78. The van der Waals surface area contributed by atoms with Gasteiger partial charge in [0.1, 0.15) is 5.25 Å². The van der Waals surface area contributed by atoms with Crippen molar-refractivity contribution in [3.63, 3.8) is 0 Å². The minimum atomic E-state index is -0.166. The van der Waals surface area contributed by atoms with E-state index in [0.29, 0.717) is 6.54 Å². The van der Waals surface area contributed by atoms with E-state index >= 15 is 0 Å². The van der Waals surface area contributed by atoms with Gasteiger partial charge >= 0.3 is 0 Å². The zero-order chi connectivity index (χ0) is 13.1. The lowest BCUT2D eigenvalue weighted by molar-refractivity contribution is 0.101. The molecule has 1 atom stereocenters. The molecule has 0 saturated carbocycles. The molecule has 0 aromatic heterocycles. The van der Waals surface area contributed by atoms with E-state index in [1.54, 1.807) is 18.0 Å². The van der Waals surface area contributed by atoms with Crippen molar-refractivity contribution < 1.29 is 4.79 Å². The predicted molar refractivity (Wildman–Crippen MR) is 79.1 cm³/mol. The van der Waals surface area contributed by atoms with E-state index in [9.17, 15) is 4.79 Å². The van der Waals surface area contributed by atoms with E-state index in [1.807, 2.05) is 54.6 Å². The maximum atomic E-state index is 12.1. The van der Waals surface area contributed by atoms with Crippen LogP contribution in [0.4, 0.5) is 0 Å². The lowest BCUT2D eigenvalue weighted by Crippen LogP contribution is -2.12. The smallest absolute Gasteiger partial charge is 0.182 e. The number of carbonyl (C=O) groups is 1. The van der Waals surface area contributed by atoms with E-state index in [4.69, 9.17) is 0 Å². The summed E-state index contributed by atoms with van der Waals surface area (Å²) >= 11 is 1.58. The molecule has 0 aliphatic carbocycles. The summed E-state index contributed by atoms with van der Waals surface area (Å²) in [7, 11) is 0. The molecule has 0 radical (unpaired) electrons. The van der Waals surface area contributed by atoms with Gasteiger partial charge < -0.3 is 0 Å². The molecule has 94 valence electrons. The average Bonchev–Trinajstić information content (AvgIpc) is 2.78. The van der Waals surface area contributed by atoms with Gasteiger partial charge in [-0.15, -0.1) is 11.8 Å². The molecule has 19 heavy (non-hydrogen) atoms. The number of rotatable bonds is 3. The summed E-state index contributed by atoms with van der Waals surface area (Å²) < 4.78 is 0. The van der Waals surface area contributed by atoms with Crippen molar-refractivity contribution in [2.45, 2.75) is 16.7 Å². The van der Waals surface area contributed by atoms with Gasteiger partial charge in [0.05, 0.1) is 6.54 Å². The van der Waals surface area contributed by atoms with Crippen LogP contribution in [0, 0.1) is 0 Å². The van der Waals surface area contributed by atoms with Crippen LogP contribution in [0.2, 0.25) is 0 Å². The Labute approximate surface area is 116 Å². The van der Waals surface area contributed by atoms with Gasteiger partial charge in [-0.25, -0.2) is 0 Å². The van der Waals surface area contributed by atoms with E-state index in [1.165, 1.54) is 0 Å². The molecular formula is C16H13NOS. The van der Waals surface area contributed by atoms with E-state index < -0.39 is 0 Å². The fraction of sp³-hybridized carbons (Fsp3) is 0.125. The first-order chi connectivity index (χ1) is 9.34. The lowest BCUT2D eigenvalue weighted by Gasteiger charge is -1.99. The fourth-order valence-corrected chi connectivity index (χ4v) is 3.16. The van der Waals surface area contributed by atoms with E-state index in [2.05, 4.69) is 4.99 Å². The number of fused-ring (bicyclic) bond motifs is 1. The number of carbonyl (C=O) groups excluding carboxylic acids is 1. The second kappa shape index (κ2) is 5.41. The van der Waals surface area contributed by atoms with Crippen LogP contribution in [0.3, 0.4) is 0 Å². The van der Waals surface area contributed by atoms with Crippen molar-refractivity contribution in [2.24, 2.45) is 4.99 Å². The minimum Gasteiger partial charge on any atom is -0.292 e. The van der Waals surface area contributed by atoms with Crippen LogP contribution in [0.25, 0.3) is 0 Å². The van der Waals surface area contributed by atoms with Gasteiger partial charge in [0.25, 0.3) is 0 Å². The van der Waals surface area contributed by atoms with Gasteiger partial charge in [0.15, 0.2) is 5.78 Å². The molecule has 0 fully saturated rings. The summed E-state index contributed by atoms with van der Waals surface area (Å²) in [5.74, 6) is 0.164. The maximum Gasteiger partial charge on any atom is 0.182 e. The number of thioether (sulfide) groups is 1. The summed E-state index contributed by atoms with van der Waals surface area (Å²) in [5, 5.41) is -0.166. The number of ketones is 1. The third kappa shape index (κ3) is 2.61. The Kier molecular flexibility index (Phi) is 3.47. The highest BCUT2D eigenvalue weighted by Crippen LogP contribution is 2.35. The van der Waals surface area contributed by atoms with Crippen molar-refractivity contribution in [1.29, 1.82) is 0 Å². The molecular weight excluding hydrogens is 254 g/mol. The molecule has 0 bridgehead atoms. The largest absolute Gasteiger partial charge is 0.292 e. The van der Waals surface area contributed by atoms with E-state index in [-0.39, 0.29) is 11.0 Å². The zero-order valence-electron chi connectivity index (χ0n) is 10.3. The molecule has 1 aliphatic rings. The van der Waals surface area contributed by atoms with Crippen LogP contribution in [0.15, 0.2) is 64.5 Å².